The minimum absolute atomic E-state index is 0.188. The van der Waals surface area contributed by atoms with Gasteiger partial charge in [0.2, 0.25) is 0 Å². The summed E-state index contributed by atoms with van der Waals surface area (Å²) in [4.78, 5) is 0. The third-order valence-electron chi connectivity index (χ3n) is 2.89. The van der Waals surface area contributed by atoms with Crippen LogP contribution in [-0.4, -0.2) is 24.4 Å². The molecular formula is C16H18FNO2. The van der Waals surface area contributed by atoms with Gasteiger partial charge in [0, 0.05) is 12.2 Å². The maximum absolute atomic E-state index is 13.0. The Kier molecular flexibility index (Phi) is 4.96. The molecule has 2 N–H and O–H groups in total. The van der Waals surface area contributed by atoms with Crippen LogP contribution < -0.4 is 10.1 Å². The van der Waals surface area contributed by atoms with Crippen molar-refractivity contribution in [2.24, 2.45) is 0 Å². The highest BCUT2D eigenvalue weighted by Crippen LogP contribution is 2.16. The van der Waals surface area contributed by atoms with Crippen LogP contribution in [0.25, 0.3) is 0 Å². The number of halogens is 1. The lowest BCUT2D eigenvalue weighted by Crippen LogP contribution is -2.26. The summed E-state index contributed by atoms with van der Waals surface area (Å²) in [5.74, 6) is 0.456. The molecule has 0 aliphatic carbocycles. The first kappa shape index (κ1) is 14.3. The monoisotopic (exact) mass is 275 g/mol. The molecule has 0 saturated carbocycles. The first-order valence-electron chi connectivity index (χ1n) is 6.51. The average molecular weight is 275 g/mol. The predicted octanol–water partition coefficient (Wildman–Crippen LogP) is 2.99. The quantitative estimate of drug-likeness (QED) is 0.851. The van der Waals surface area contributed by atoms with Gasteiger partial charge in [-0.05, 0) is 36.8 Å². The van der Waals surface area contributed by atoms with E-state index in [-0.39, 0.29) is 12.4 Å². The van der Waals surface area contributed by atoms with Crippen LogP contribution in [0.1, 0.15) is 5.56 Å². The minimum atomic E-state index is -0.669. The Hall–Kier alpha value is -2.07. The van der Waals surface area contributed by atoms with E-state index in [1.807, 2.05) is 31.2 Å². The van der Waals surface area contributed by atoms with Crippen molar-refractivity contribution in [2.45, 2.75) is 13.0 Å². The number of aryl methyl sites for hydroxylation is 1. The van der Waals surface area contributed by atoms with Crippen molar-refractivity contribution in [3.05, 3.63) is 59.9 Å². The largest absolute Gasteiger partial charge is 0.491 e. The van der Waals surface area contributed by atoms with Crippen LogP contribution in [0.3, 0.4) is 0 Å². The predicted molar refractivity (Wildman–Crippen MR) is 77.6 cm³/mol. The molecule has 0 aliphatic rings. The van der Waals surface area contributed by atoms with Gasteiger partial charge in [0.25, 0.3) is 0 Å². The Morgan fingerprint density at radius 3 is 2.75 bits per heavy atom. The van der Waals surface area contributed by atoms with E-state index in [9.17, 15) is 9.50 Å². The second-order valence-corrected chi connectivity index (χ2v) is 4.62. The van der Waals surface area contributed by atoms with Gasteiger partial charge in [-0.15, -0.1) is 0 Å². The van der Waals surface area contributed by atoms with Crippen LogP contribution in [0.5, 0.6) is 5.75 Å². The molecule has 1 atom stereocenters. The van der Waals surface area contributed by atoms with Crippen LogP contribution in [-0.2, 0) is 0 Å². The number of hydrogen-bond acceptors (Lipinski definition) is 3. The molecule has 0 aromatic heterocycles. The zero-order valence-electron chi connectivity index (χ0n) is 11.3. The van der Waals surface area contributed by atoms with E-state index in [0.29, 0.717) is 12.2 Å². The summed E-state index contributed by atoms with van der Waals surface area (Å²) in [6, 6.07) is 13.8. The molecule has 3 nitrogen and oxygen atoms in total. The van der Waals surface area contributed by atoms with Gasteiger partial charge in [-0.25, -0.2) is 4.39 Å². The van der Waals surface area contributed by atoms with Crippen LogP contribution in [0.2, 0.25) is 0 Å². The lowest BCUT2D eigenvalue weighted by atomic mass is 10.2. The highest BCUT2D eigenvalue weighted by molar-refractivity contribution is 5.43. The van der Waals surface area contributed by atoms with Crippen molar-refractivity contribution >= 4 is 5.69 Å². The van der Waals surface area contributed by atoms with Gasteiger partial charge < -0.3 is 15.2 Å². The number of ether oxygens (including phenoxy) is 1. The summed E-state index contributed by atoms with van der Waals surface area (Å²) in [5.41, 5.74) is 1.66. The number of aliphatic hydroxyl groups is 1. The summed E-state index contributed by atoms with van der Waals surface area (Å²) in [6.45, 7) is 2.44. The molecule has 0 fully saturated rings. The topological polar surface area (TPSA) is 41.5 Å². The highest BCUT2D eigenvalue weighted by atomic mass is 19.1. The molecule has 0 heterocycles. The number of hydrogen-bond donors (Lipinski definition) is 2. The second kappa shape index (κ2) is 6.91. The smallest absolute Gasteiger partial charge is 0.125 e. The third kappa shape index (κ3) is 4.24. The summed E-state index contributed by atoms with van der Waals surface area (Å²) in [6.07, 6.45) is -0.669. The third-order valence-corrected chi connectivity index (χ3v) is 2.89. The van der Waals surface area contributed by atoms with E-state index < -0.39 is 6.10 Å². The van der Waals surface area contributed by atoms with E-state index in [1.54, 1.807) is 12.1 Å². The molecule has 1 unspecified atom stereocenters. The molecule has 0 bridgehead atoms. The molecule has 2 rings (SSSR count). The molecule has 0 radical (unpaired) electrons. The Balaban J connectivity index is 1.78. The molecule has 2 aromatic rings. The van der Waals surface area contributed by atoms with Gasteiger partial charge in [-0.2, -0.15) is 0 Å². The SMILES string of the molecule is Cc1ccccc1OCC(O)CNc1cccc(F)c1. The minimum Gasteiger partial charge on any atom is -0.491 e. The van der Waals surface area contributed by atoms with Crippen LogP contribution in [0.15, 0.2) is 48.5 Å². The van der Waals surface area contributed by atoms with Crippen LogP contribution in [0.4, 0.5) is 10.1 Å². The molecule has 0 spiro atoms. The first-order valence-corrected chi connectivity index (χ1v) is 6.51. The van der Waals surface area contributed by atoms with E-state index in [4.69, 9.17) is 4.74 Å². The summed E-state index contributed by atoms with van der Waals surface area (Å²) in [5, 5.41) is 12.8. The normalized spacial score (nSPS) is 11.9. The molecule has 106 valence electrons. The van der Waals surface area contributed by atoms with Gasteiger partial charge >= 0.3 is 0 Å². The van der Waals surface area contributed by atoms with Crippen molar-refractivity contribution in [3.63, 3.8) is 0 Å². The Morgan fingerprint density at radius 2 is 2.00 bits per heavy atom. The standard InChI is InChI=1S/C16H18FNO2/c1-12-5-2-3-8-16(12)20-11-15(19)10-18-14-7-4-6-13(17)9-14/h2-9,15,18-19H,10-11H2,1H3. The van der Waals surface area contributed by atoms with Gasteiger partial charge in [0.15, 0.2) is 0 Å². The van der Waals surface area contributed by atoms with Crippen LogP contribution >= 0.6 is 0 Å². The van der Waals surface area contributed by atoms with Crippen molar-refractivity contribution in [1.29, 1.82) is 0 Å². The number of rotatable bonds is 6. The lowest BCUT2D eigenvalue weighted by Gasteiger charge is -2.15. The van der Waals surface area contributed by atoms with E-state index in [2.05, 4.69) is 5.32 Å². The van der Waals surface area contributed by atoms with Gasteiger partial charge in [-0.1, -0.05) is 24.3 Å². The molecule has 0 amide bonds. The number of aliphatic hydroxyl groups excluding tert-OH is 1. The van der Waals surface area contributed by atoms with E-state index >= 15 is 0 Å². The highest BCUT2D eigenvalue weighted by Gasteiger charge is 2.06. The number of anilines is 1. The molecule has 4 heteroatoms. The van der Waals surface area contributed by atoms with E-state index in [1.165, 1.54) is 12.1 Å². The molecule has 2 aromatic carbocycles. The fourth-order valence-electron chi connectivity index (χ4n) is 1.80. The lowest BCUT2D eigenvalue weighted by molar-refractivity contribution is 0.117. The molecular weight excluding hydrogens is 257 g/mol. The average Bonchev–Trinajstić information content (AvgIpc) is 2.44. The summed E-state index contributed by atoms with van der Waals surface area (Å²) >= 11 is 0. The molecule has 0 aliphatic heterocycles. The van der Waals surface area contributed by atoms with E-state index in [0.717, 1.165) is 11.3 Å². The molecule has 0 saturated heterocycles. The Morgan fingerprint density at radius 1 is 1.20 bits per heavy atom. The second-order valence-electron chi connectivity index (χ2n) is 4.62. The Bertz CT molecular complexity index is 560. The first-order chi connectivity index (χ1) is 9.65. The number of nitrogens with one attached hydrogen (secondary N) is 1. The van der Waals surface area contributed by atoms with Crippen molar-refractivity contribution < 1.29 is 14.2 Å². The van der Waals surface area contributed by atoms with Gasteiger partial charge in [0.1, 0.15) is 24.3 Å². The maximum Gasteiger partial charge on any atom is 0.125 e. The van der Waals surface area contributed by atoms with Crippen molar-refractivity contribution in [3.8, 4) is 5.75 Å². The zero-order valence-corrected chi connectivity index (χ0v) is 11.3. The van der Waals surface area contributed by atoms with Crippen LogP contribution in [0, 0.1) is 12.7 Å². The number of benzene rings is 2. The Labute approximate surface area is 118 Å². The maximum atomic E-state index is 13.0. The van der Waals surface area contributed by atoms with Crippen molar-refractivity contribution in [1.82, 2.24) is 0 Å². The zero-order chi connectivity index (χ0) is 14.4. The number of para-hydroxylation sites is 1. The summed E-state index contributed by atoms with van der Waals surface area (Å²) < 4.78 is 18.5. The summed E-state index contributed by atoms with van der Waals surface area (Å²) in [7, 11) is 0. The van der Waals surface area contributed by atoms with Gasteiger partial charge in [-0.3, -0.25) is 0 Å². The molecule has 20 heavy (non-hydrogen) atoms. The fourth-order valence-corrected chi connectivity index (χ4v) is 1.80. The van der Waals surface area contributed by atoms with Crippen molar-refractivity contribution in [2.75, 3.05) is 18.5 Å². The fraction of sp³-hybridized carbons (Fsp3) is 0.250. The van der Waals surface area contributed by atoms with Gasteiger partial charge in [0.05, 0.1) is 0 Å².